The molecule has 124 valence electrons. The van der Waals surface area contributed by atoms with E-state index in [1.54, 1.807) is 12.1 Å². The standard InChI is InChI=1S/C18H22O5/c1-11-7-8-22-15-6-5-12(16(19)20)9-13(15)10-14(11)17(21)23-18(2,3)4/h5-6,9H,7-8,10H2,1-4H3,(H,19,20)/b14-11+. The summed E-state index contributed by atoms with van der Waals surface area (Å²) in [5.41, 5.74) is 1.77. The first-order valence-electron chi connectivity index (χ1n) is 7.58. The molecular formula is C18H22O5. The number of carbonyl (C=O) groups is 2. The molecule has 0 atom stereocenters. The molecule has 0 radical (unpaired) electrons. The average molecular weight is 318 g/mol. The van der Waals surface area contributed by atoms with Gasteiger partial charge in [-0.25, -0.2) is 9.59 Å². The fourth-order valence-corrected chi connectivity index (χ4v) is 2.38. The third kappa shape index (κ3) is 4.34. The molecule has 1 aromatic rings. The van der Waals surface area contributed by atoms with Gasteiger partial charge >= 0.3 is 11.9 Å². The summed E-state index contributed by atoms with van der Waals surface area (Å²) in [7, 11) is 0. The van der Waals surface area contributed by atoms with Crippen molar-refractivity contribution in [2.45, 2.75) is 46.1 Å². The Hall–Kier alpha value is -2.30. The highest BCUT2D eigenvalue weighted by atomic mass is 16.6. The quantitative estimate of drug-likeness (QED) is 0.846. The smallest absolute Gasteiger partial charge is 0.335 e. The lowest BCUT2D eigenvalue weighted by Gasteiger charge is -2.23. The highest BCUT2D eigenvalue weighted by molar-refractivity contribution is 5.91. The van der Waals surface area contributed by atoms with E-state index in [9.17, 15) is 9.59 Å². The van der Waals surface area contributed by atoms with Crippen LogP contribution in [0.2, 0.25) is 0 Å². The lowest BCUT2D eigenvalue weighted by molar-refractivity contribution is -0.150. The van der Waals surface area contributed by atoms with Crippen molar-refractivity contribution in [3.8, 4) is 5.75 Å². The predicted octanol–water partition coefficient (Wildman–Crippen LogP) is 3.37. The van der Waals surface area contributed by atoms with Crippen molar-refractivity contribution in [3.63, 3.8) is 0 Å². The maximum atomic E-state index is 12.5. The third-order valence-electron chi connectivity index (χ3n) is 3.57. The minimum atomic E-state index is -1.01. The molecule has 0 amide bonds. The summed E-state index contributed by atoms with van der Waals surface area (Å²) in [5.74, 6) is -0.749. The van der Waals surface area contributed by atoms with Gasteiger partial charge in [-0.05, 0) is 51.5 Å². The number of benzene rings is 1. The first-order valence-corrected chi connectivity index (χ1v) is 7.58. The molecule has 0 bridgehead atoms. The molecule has 1 heterocycles. The van der Waals surface area contributed by atoms with Crippen molar-refractivity contribution in [1.29, 1.82) is 0 Å². The van der Waals surface area contributed by atoms with Crippen LogP contribution in [-0.4, -0.2) is 29.3 Å². The van der Waals surface area contributed by atoms with Crippen LogP contribution in [0, 0.1) is 0 Å². The van der Waals surface area contributed by atoms with Crippen LogP contribution in [-0.2, 0) is 16.0 Å². The van der Waals surface area contributed by atoms with Crippen LogP contribution >= 0.6 is 0 Å². The van der Waals surface area contributed by atoms with E-state index in [0.29, 0.717) is 36.3 Å². The number of rotatable bonds is 2. The van der Waals surface area contributed by atoms with Crippen LogP contribution in [0.5, 0.6) is 5.75 Å². The number of carbonyl (C=O) groups excluding carboxylic acids is 1. The van der Waals surface area contributed by atoms with Gasteiger partial charge in [-0.15, -0.1) is 0 Å². The Morgan fingerprint density at radius 2 is 1.96 bits per heavy atom. The largest absolute Gasteiger partial charge is 0.493 e. The molecule has 5 nitrogen and oxygen atoms in total. The van der Waals surface area contributed by atoms with E-state index >= 15 is 0 Å². The number of ether oxygens (including phenoxy) is 2. The van der Waals surface area contributed by atoms with Crippen LogP contribution < -0.4 is 4.74 Å². The molecule has 0 saturated heterocycles. The van der Waals surface area contributed by atoms with E-state index in [1.165, 1.54) is 6.07 Å². The number of carboxylic acid groups (broad SMARTS) is 1. The van der Waals surface area contributed by atoms with Crippen molar-refractivity contribution in [1.82, 2.24) is 0 Å². The molecule has 0 saturated carbocycles. The lowest BCUT2D eigenvalue weighted by Crippen LogP contribution is -2.26. The summed E-state index contributed by atoms with van der Waals surface area (Å²) in [6, 6.07) is 4.71. The summed E-state index contributed by atoms with van der Waals surface area (Å²) in [6.45, 7) is 7.79. The van der Waals surface area contributed by atoms with Crippen LogP contribution in [0.1, 0.15) is 50.0 Å². The Bertz CT molecular complexity index is 664. The Balaban J connectivity index is 2.39. The van der Waals surface area contributed by atoms with Gasteiger partial charge in [0.15, 0.2) is 0 Å². The Kier molecular flexibility index (Phi) is 4.78. The third-order valence-corrected chi connectivity index (χ3v) is 3.57. The van der Waals surface area contributed by atoms with Gasteiger partial charge in [0.1, 0.15) is 11.4 Å². The minimum Gasteiger partial charge on any atom is -0.493 e. The second kappa shape index (κ2) is 6.44. The number of fused-ring (bicyclic) bond motifs is 1. The molecule has 0 aromatic heterocycles. The van der Waals surface area contributed by atoms with Gasteiger partial charge in [0.05, 0.1) is 12.2 Å². The Labute approximate surface area is 135 Å². The van der Waals surface area contributed by atoms with Gasteiger partial charge in [0.2, 0.25) is 0 Å². The van der Waals surface area contributed by atoms with Crippen molar-refractivity contribution in [2.75, 3.05) is 6.61 Å². The molecule has 1 aliphatic heterocycles. The minimum absolute atomic E-state index is 0.175. The van der Waals surface area contributed by atoms with E-state index in [1.807, 2.05) is 27.7 Å². The maximum Gasteiger partial charge on any atom is 0.335 e. The summed E-state index contributed by atoms with van der Waals surface area (Å²) >= 11 is 0. The fraction of sp³-hybridized carbons (Fsp3) is 0.444. The predicted molar refractivity (Wildman–Crippen MR) is 85.8 cm³/mol. The van der Waals surface area contributed by atoms with Crippen LogP contribution in [0.4, 0.5) is 0 Å². The summed E-state index contributed by atoms with van der Waals surface area (Å²) in [5, 5.41) is 9.15. The van der Waals surface area contributed by atoms with Crippen molar-refractivity contribution in [3.05, 3.63) is 40.5 Å². The SMILES string of the molecule is C/C1=C(\C(=O)OC(C)(C)C)Cc2cc(C(=O)O)ccc2OCC1. The summed E-state index contributed by atoms with van der Waals surface area (Å²) in [6.07, 6.45) is 0.936. The molecule has 0 unspecified atom stereocenters. The van der Waals surface area contributed by atoms with Crippen LogP contribution in [0.25, 0.3) is 0 Å². The van der Waals surface area contributed by atoms with Crippen LogP contribution in [0.3, 0.4) is 0 Å². The Morgan fingerprint density at radius 1 is 1.26 bits per heavy atom. The Morgan fingerprint density at radius 3 is 2.57 bits per heavy atom. The van der Waals surface area contributed by atoms with Crippen molar-refractivity contribution >= 4 is 11.9 Å². The molecule has 0 fully saturated rings. The zero-order valence-electron chi connectivity index (χ0n) is 13.9. The zero-order valence-corrected chi connectivity index (χ0v) is 13.9. The van der Waals surface area contributed by atoms with Gasteiger partial charge in [-0.2, -0.15) is 0 Å². The average Bonchev–Trinajstić information content (AvgIpc) is 2.41. The molecule has 0 aliphatic carbocycles. The van der Waals surface area contributed by atoms with Gasteiger partial charge in [0, 0.05) is 18.4 Å². The van der Waals surface area contributed by atoms with E-state index in [0.717, 1.165) is 5.57 Å². The zero-order chi connectivity index (χ0) is 17.2. The molecular weight excluding hydrogens is 296 g/mol. The first-order chi connectivity index (χ1) is 10.7. The normalized spacial score (nSPS) is 18.3. The van der Waals surface area contributed by atoms with Gasteiger partial charge < -0.3 is 14.6 Å². The van der Waals surface area contributed by atoms with Gasteiger partial charge in [0.25, 0.3) is 0 Å². The molecule has 23 heavy (non-hydrogen) atoms. The monoisotopic (exact) mass is 318 g/mol. The molecule has 1 aliphatic rings. The van der Waals surface area contributed by atoms with Gasteiger partial charge in [-0.1, -0.05) is 5.57 Å². The maximum absolute atomic E-state index is 12.5. The number of carboxylic acids is 1. The second-order valence-electron chi connectivity index (χ2n) is 6.66. The molecule has 1 N–H and O–H groups in total. The molecule has 0 spiro atoms. The number of hydrogen-bond donors (Lipinski definition) is 1. The highest BCUT2D eigenvalue weighted by Gasteiger charge is 2.24. The first kappa shape index (κ1) is 17.1. The van der Waals surface area contributed by atoms with Crippen molar-refractivity contribution < 1.29 is 24.2 Å². The second-order valence-corrected chi connectivity index (χ2v) is 6.66. The number of hydrogen-bond acceptors (Lipinski definition) is 4. The molecule has 1 aromatic carbocycles. The number of aromatic carboxylic acids is 1. The molecule has 2 rings (SSSR count). The van der Waals surface area contributed by atoms with E-state index in [2.05, 4.69) is 0 Å². The topological polar surface area (TPSA) is 72.8 Å². The van der Waals surface area contributed by atoms with Crippen molar-refractivity contribution in [2.24, 2.45) is 0 Å². The van der Waals surface area contributed by atoms with Gasteiger partial charge in [-0.3, -0.25) is 0 Å². The summed E-state index contributed by atoms with van der Waals surface area (Å²) in [4.78, 5) is 23.6. The lowest BCUT2D eigenvalue weighted by atomic mass is 9.96. The van der Waals surface area contributed by atoms with E-state index < -0.39 is 11.6 Å². The fourth-order valence-electron chi connectivity index (χ4n) is 2.38. The molecule has 5 heteroatoms. The van der Waals surface area contributed by atoms with E-state index in [-0.39, 0.29) is 11.5 Å². The van der Waals surface area contributed by atoms with E-state index in [4.69, 9.17) is 14.6 Å². The highest BCUT2D eigenvalue weighted by Crippen LogP contribution is 2.29. The summed E-state index contributed by atoms with van der Waals surface area (Å²) < 4.78 is 11.2. The number of esters is 1. The van der Waals surface area contributed by atoms with Crippen LogP contribution in [0.15, 0.2) is 29.3 Å².